The maximum absolute atomic E-state index is 13.6. The van der Waals surface area contributed by atoms with Gasteiger partial charge in [0.15, 0.2) is 5.82 Å². The molecule has 0 radical (unpaired) electrons. The van der Waals surface area contributed by atoms with Crippen molar-refractivity contribution in [2.24, 2.45) is 0 Å². The molecule has 0 unspecified atom stereocenters. The van der Waals surface area contributed by atoms with E-state index in [-0.39, 0.29) is 17.7 Å². The zero-order valence-electron chi connectivity index (χ0n) is 20.2. The number of ether oxygens (including phenoxy) is 1. The quantitative estimate of drug-likeness (QED) is 0.481. The van der Waals surface area contributed by atoms with E-state index in [1.807, 2.05) is 10.7 Å². The Labute approximate surface area is 203 Å². The minimum atomic E-state index is -0.366. The summed E-state index contributed by atoms with van der Waals surface area (Å²) in [5.41, 5.74) is 6.36. The predicted molar refractivity (Wildman–Crippen MR) is 133 cm³/mol. The first-order chi connectivity index (χ1) is 17.1. The van der Waals surface area contributed by atoms with Crippen LogP contribution in [0, 0.1) is 13.8 Å². The van der Waals surface area contributed by atoms with Crippen LogP contribution in [0.3, 0.4) is 0 Å². The smallest absolute Gasteiger partial charge is 0.253 e. The number of benzene rings is 2. The number of hydrogen-bond acceptors (Lipinski definition) is 6. The molecule has 2 aromatic carbocycles. The van der Waals surface area contributed by atoms with Gasteiger partial charge in [0.05, 0.1) is 18.2 Å². The van der Waals surface area contributed by atoms with Crippen molar-refractivity contribution in [3.05, 3.63) is 86.5 Å². The fourth-order valence-electron chi connectivity index (χ4n) is 5.50. The highest BCUT2D eigenvalue weighted by molar-refractivity contribution is 5.83. The number of nitrogens with one attached hydrogen (secondary N) is 1. The number of nitrogens with zero attached hydrogens (tertiary/aromatic N) is 5. The van der Waals surface area contributed by atoms with Gasteiger partial charge >= 0.3 is 0 Å². The molecule has 1 N–H and O–H groups in total. The zero-order valence-corrected chi connectivity index (χ0v) is 20.2. The van der Waals surface area contributed by atoms with Crippen LogP contribution in [0.25, 0.3) is 10.9 Å². The lowest BCUT2D eigenvalue weighted by Crippen LogP contribution is -2.39. The van der Waals surface area contributed by atoms with Crippen molar-refractivity contribution in [1.82, 2.24) is 30.1 Å². The maximum Gasteiger partial charge on any atom is 0.253 e. The lowest BCUT2D eigenvalue weighted by atomic mass is 9.95. The molecule has 2 aliphatic heterocycles. The molecule has 0 spiro atoms. The standard InChI is InChI=1S/C27H30N6O2/c1-17-9-10-20-14-23(27(34)28-24(20)18(17)2)25(32-12-11-19-6-3-4-7-21(19)15-32)26-29-30-31-33(26)16-22-8-5-13-35-22/h3-4,6-7,9-10,14,22,25H,5,8,11-13,15-16H2,1-2H3,(H,28,34)/t22-,25+/m1/s1. The SMILES string of the molecule is Cc1ccc2cc([C@@H](c3nnnn3C[C@H]3CCCO3)N3CCc4ccccc4C3)c(=O)[nH]c2c1C. The Morgan fingerprint density at radius 1 is 1.17 bits per heavy atom. The molecule has 1 fully saturated rings. The molecule has 2 aromatic heterocycles. The van der Waals surface area contributed by atoms with Crippen LogP contribution in [0.2, 0.25) is 0 Å². The second-order valence-corrected chi connectivity index (χ2v) is 9.77. The average Bonchev–Trinajstić information content (AvgIpc) is 3.55. The van der Waals surface area contributed by atoms with E-state index in [2.05, 4.69) is 75.7 Å². The topological polar surface area (TPSA) is 88.9 Å². The van der Waals surface area contributed by atoms with Gasteiger partial charge in [-0.15, -0.1) is 5.10 Å². The van der Waals surface area contributed by atoms with Gasteiger partial charge in [-0.1, -0.05) is 36.4 Å². The van der Waals surface area contributed by atoms with E-state index in [9.17, 15) is 4.79 Å². The molecule has 0 amide bonds. The monoisotopic (exact) mass is 470 g/mol. The van der Waals surface area contributed by atoms with E-state index >= 15 is 0 Å². The molecule has 6 rings (SSSR count). The lowest BCUT2D eigenvalue weighted by molar-refractivity contribution is 0.0904. The highest BCUT2D eigenvalue weighted by Gasteiger charge is 2.33. The van der Waals surface area contributed by atoms with Gasteiger partial charge in [0.1, 0.15) is 6.04 Å². The first-order valence-electron chi connectivity index (χ1n) is 12.4. The summed E-state index contributed by atoms with van der Waals surface area (Å²) in [5.74, 6) is 0.688. The Kier molecular flexibility index (Phi) is 5.70. The van der Waals surface area contributed by atoms with Gasteiger partial charge in [-0.25, -0.2) is 4.68 Å². The molecule has 2 aliphatic rings. The summed E-state index contributed by atoms with van der Waals surface area (Å²) in [6, 6.07) is 14.4. The summed E-state index contributed by atoms with van der Waals surface area (Å²) >= 11 is 0. The van der Waals surface area contributed by atoms with Crippen molar-refractivity contribution in [3.8, 4) is 0 Å². The van der Waals surface area contributed by atoms with Crippen LogP contribution in [0.15, 0.2) is 47.3 Å². The van der Waals surface area contributed by atoms with E-state index in [4.69, 9.17) is 4.74 Å². The molecule has 8 heteroatoms. The summed E-state index contributed by atoms with van der Waals surface area (Å²) in [6.07, 6.45) is 3.07. The number of rotatable bonds is 5. The van der Waals surface area contributed by atoms with Gasteiger partial charge in [-0.2, -0.15) is 0 Å². The van der Waals surface area contributed by atoms with Crippen LogP contribution < -0.4 is 5.56 Å². The molecular weight excluding hydrogens is 440 g/mol. The lowest BCUT2D eigenvalue weighted by Gasteiger charge is -2.35. The minimum Gasteiger partial charge on any atom is -0.376 e. The van der Waals surface area contributed by atoms with E-state index in [1.54, 1.807) is 0 Å². The number of H-pyrrole nitrogens is 1. The number of pyridine rings is 1. The summed E-state index contributed by atoms with van der Waals surface area (Å²) < 4.78 is 7.71. The van der Waals surface area contributed by atoms with Crippen LogP contribution >= 0.6 is 0 Å². The molecule has 8 nitrogen and oxygen atoms in total. The number of aromatic amines is 1. The van der Waals surface area contributed by atoms with Crippen LogP contribution in [-0.2, 0) is 24.2 Å². The summed E-state index contributed by atoms with van der Waals surface area (Å²) in [6.45, 7) is 7.03. The molecule has 35 heavy (non-hydrogen) atoms. The van der Waals surface area contributed by atoms with Gasteiger partial charge in [0, 0.05) is 25.3 Å². The third kappa shape index (κ3) is 4.06. The molecule has 4 heterocycles. The Hall–Kier alpha value is -3.36. The molecular formula is C27H30N6O2. The van der Waals surface area contributed by atoms with Gasteiger partial charge in [-0.05, 0) is 77.2 Å². The molecule has 4 aromatic rings. The molecule has 0 bridgehead atoms. The normalized spacial score (nSPS) is 19.2. The van der Waals surface area contributed by atoms with E-state index < -0.39 is 0 Å². The van der Waals surface area contributed by atoms with Gasteiger partial charge in [0.2, 0.25) is 0 Å². The Morgan fingerprint density at radius 3 is 2.86 bits per heavy atom. The first kappa shape index (κ1) is 22.1. The number of aryl methyl sites for hydroxylation is 2. The van der Waals surface area contributed by atoms with Crippen molar-refractivity contribution in [1.29, 1.82) is 0 Å². The Bertz CT molecular complexity index is 1440. The van der Waals surface area contributed by atoms with Gasteiger partial charge < -0.3 is 9.72 Å². The van der Waals surface area contributed by atoms with Crippen molar-refractivity contribution >= 4 is 10.9 Å². The fourth-order valence-corrected chi connectivity index (χ4v) is 5.50. The van der Waals surface area contributed by atoms with E-state index in [0.717, 1.165) is 61.0 Å². The minimum absolute atomic E-state index is 0.0956. The number of aromatic nitrogens is 5. The van der Waals surface area contributed by atoms with Gasteiger partial charge in [0.25, 0.3) is 5.56 Å². The third-order valence-corrected chi connectivity index (χ3v) is 7.60. The summed E-state index contributed by atoms with van der Waals surface area (Å²) in [4.78, 5) is 19.1. The highest BCUT2D eigenvalue weighted by atomic mass is 16.5. The van der Waals surface area contributed by atoms with Crippen LogP contribution in [0.1, 0.15) is 52.5 Å². The summed E-state index contributed by atoms with van der Waals surface area (Å²) in [5, 5.41) is 13.8. The zero-order chi connectivity index (χ0) is 23.9. The summed E-state index contributed by atoms with van der Waals surface area (Å²) in [7, 11) is 0. The highest BCUT2D eigenvalue weighted by Crippen LogP contribution is 2.32. The largest absolute Gasteiger partial charge is 0.376 e. The molecule has 2 atom stereocenters. The molecule has 1 saturated heterocycles. The van der Waals surface area contributed by atoms with Gasteiger partial charge in [-0.3, -0.25) is 9.69 Å². The second kappa shape index (κ2) is 9.02. The van der Waals surface area contributed by atoms with Crippen LogP contribution in [-0.4, -0.2) is 49.3 Å². The third-order valence-electron chi connectivity index (χ3n) is 7.60. The molecule has 0 saturated carbocycles. The Balaban J connectivity index is 1.47. The molecule has 0 aliphatic carbocycles. The van der Waals surface area contributed by atoms with Crippen LogP contribution in [0.4, 0.5) is 0 Å². The van der Waals surface area contributed by atoms with Crippen molar-refractivity contribution in [2.45, 2.75) is 58.3 Å². The Morgan fingerprint density at radius 2 is 2.03 bits per heavy atom. The number of fused-ring (bicyclic) bond motifs is 2. The number of hydrogen-bond donors (Lipinski definition) is 1. The first-order valence-corrected chi connectivity index (χ1v) is 12.4. The van der Waals surface area contributed by atoms with Crippen LogP contribution in [0.5, 0.6) is 0 Å². The number of tetrazole rings is 1. The maximum atomic E-state index is 13.6. The van der Waals surface area contributed by atoms with Crippen molar-refractivity contribution in [3.63, 3.8) is 0 Å². The van der Waals surface area contributed by atoms with Crippen molar-refractivity contribution < 1.29 is 4.74 Å². The van der Waals surface area contributed by atoms with E-state index in [0.29, 0.717) is 17.9 Å². The van der Waals surface area contributed by atoms with E-state index in [1.165, 1.54) is 11.1 Å². The van der Waals surface area contributed by atoms with Crippen molar-refractivity contribution in [2.75, 3.05) is 13.2 Å². The molecule has 180 valence electrons. The predicted octanol–water partition coefficient (Wildman–Crippen LogP) is 3.46. The second-order valence-electron chi connectivity index (χ2n) is 9.77. The average molecular weight is 471 g/mol. The fraction of sp³-hybridized carbons (Fsp3) is 0.407.